The molecule has 0 radical (unpaired) electrons. The molecule has 2 N–H and O–H groups in total. The molecule has 2 aromatic carbocycles. The molecular formula is C19H17F2NO3. The lowest BCUT2D eigenvalue weighted by Crippen LogP contribution is -2.41. The van der Waals surface area contributed by atoms with Gasteiger partial charge in [0.15, 0.2) is 0 Å². The van der Waals surface area contributed by atoms with Crippen LogP contribution in [0.15, 0.2) is 54.6 Å². The second-order valence-electron chi connectivity index (χ2n) is 5.46. The third kappa shape index (κ3) is 6.18. The molecule has 4 nitrogen and oxygen atoms in total. The lowest BCUT2D eigenvalue weighted by molar-refractivity contribution is -0.141. The Labute approximate surface area is 143 Å². The molecule has 0 unspecified atom stereocenters. The van der Waals surface area contributed by atoms with E-state index >= 15 is 0 Å². The van der Waals surface area contributed by atoms with Gasteiger partial charge in [-0.3, -0.25) is 4.79 Å². The van der Waals surface area contributed by atoms with E-state index in [0.29, 0.717) is 6.07 Å². The van der Waals surface area contributed by atoms with E-state index in [9.17, 15) is 23.5 Å². The first-order valence-corrected chi connectivity index (χ1v) is 7.63. The zero-order valence-corrected chi connectivity index (χ0v) is 13.3. The molecule has 0 heterocycles. The van der Waals surface area contributed by atoms with Crippen LogP contribution in [0.25, 0.3) is 6.08 Å². The van der Waals surface area contributed by atoms with Crippen molar-refractivity contribution in [3.8, 4) is 0 Å². The zero-order valence-electron chi connectivity index (χ0n) is 13.3. The number of carbonyl (C=O) groups excluding carboxylic acids is 1. The molecule has 0 spiro atoms. The number of benzene rings is 2. The van der Waals surface area contributed by atoms with Gasteiger partial charge in [-0.25, -0.2) is 13.6 Å². The predicted octanol–water partition coefficient (Wildman–Crippen LogP) is 3.18. The smallest absolute Gasteiger partial charge is 0.326 e. The standard InChI is InChI=1S/C19H17F2NO3/c20-15-9-14(10-16(21)12-15)11-18(23)22-17(19(24)25)8-4-7-13-5-2-1-3-6-13/h1-7,9-10,12,17H,8,11H2,(H,22,23)(H,24,25)/b7-4+/t17-/m1/s1. The van der Waals surface area contributed by atoms with Gasteiger partial charge in [-0.15, -0.1) is 0 Å². The normalized spacial score (nSPS) is 12.1. The van der Waals surface area contributed by atoms with Crippen LogP contribution in [0.5, 0.6) is 0 Å². The molecule has 130 valence electrons. The summed E-state index contributed by atoms with van der Waals surface area (Å²) in [4.78, 5) is 23.2. The number of carbonyl (C=O) groups is 2. The number of nitrogens with one attached hydrogen (secondary N) is 1. The topological polar surface area (TPSA) is 66.4 Å². The molecule has 0 aliphatic heterocycles. The Balaban J connectivity index is 1.95. The molecule has 0 fully saturated rings. The number of aliphatic carboxylic acids is 1. The number of hydrogen-bond donors (Lipinski definition) is 2. The van der Waals surface area contributed by atoms with E-state index in [1.807, 2.05) is 30.3 Å². The number of halogens is 2. The second kappa shape index (κ2) is 8.73. The van der Waals surface area contributed by atoms with Crippen molar-refractivity contribution in [2.75, 3.05) is 0 Å². The van der Waals surface area contributed by atoms with Crippen LogP contribution in [0.2, 0.25) is 0 Å². The van der Waals surface area contributed by atoms with E-state index in [4.69, 9.17) is 0 Å². The Bertz CT molecular complexity index is 755. The quantitative estimate of drug-likeness (QED) is 0.810. The van der Waals surface area contributed by atoms with Gasteiger partial charge in [-0.1, -0.05) is 42.5 Å². The van der Waals surface area contributed by atoms with Crippen molar-refractivity contribution in [2.24, 2.45) is 0 Å². The van der Waals surface area contributed by atoms with Crippen molar-refractivity contribution in [3.63, 3.8) is 0 Å². The van der Waals surface area contributed by atoms with E-state index in [1.165, 1.54) is 0 Å². The Morgan fingerprint density at radius 2 is 1.72 bits per heavy atom. The highest BCUT2D eigenvalue weighted by atomic mass is 19.1. The number of carboxylic acid groups (broad SMARTS) is 1. The predicted molar refractivity (Wildman–Crippen MR) is 89.7 cm³/mol. The van der Waals surface area contributed by atoms with Crippen LogP contribution in [0, 0.1) is 11.6 Å². The lowest BCUT2D eigenvalue weighted by atomic mass is 10.1. The van der Waals surface area contributed by atoms with Gasteiger partial charge in [0.2, 0.25) is 5.91 Å². The summed E-state index contributed by atoms with van der Waals surface area (Å²) in [6.07, 6.45) is 3.19. The van der Waals surface area contributed by atoms with Crippen molar-refractivity contribution >= 4 is 18.0 Å². The van der Waals surface area contributed by atoms with Gasteiger partial charge in [0.25, 0.3) is 0 Å². The summed E-state index contributed by atoms with van der Waals surface area (Å²) >= 11 is 0. The number of amides is 1. The van der Waals surface area contributed by atoms with Gasteiger partial charge in [-0.2, -0.15) is 0 Å². The Kier molecular flexibility index (Phi) is 6.39. The maximum absolute atomic E-state index is 13.1. The van der Waals surface area contributed by atoms with Gasteiger partial charge < -0.3 is 10.4 Å². The highest BCUT2D eigenvalue weighted by Crippen LogP contribution is 2.09. The molecule has 25 heavy (non-hydrogen) atoms. The summed E-state index contributed by atoms with van der Waals surface area (Å²) in [7, 11) is 0. The minimum atomic E-state index is -1.18. The second-order valence-corrected chi connectivity index (χ2v) is 5.46. The molecule has 6 heteroatoms. The highest BCUT2D eigenvalue weighted by molar-refractivity contribution is 5.85. The maximum Gasteiger partial charge on any atom is 0.326 e. The summed E-state index contributed by atoms with van der Waals surface area (Å²) < 4.78 is 26.2. The first-order chi connectivity index (χ1) is 11.9. The Morgan fingerprint density at radius 1 is 1.08 bits per heavy atom. The Hall–Kier alpha value is -3.02. The van der Waals surface area contributed by atoms with Crippen molar-refractivity contribution in [1.82, 2.24) is 5.32 Å². The summed E-state index contributed by atoms with van der Waals surface area (Å²) in [5, 5.41) is 11.6. The molecule has 1 amide bonds. The SMILES string of the molecule is O=C(Cc1cc(F)cc(F)c1)N[C@H](C/C=C/c1ccccc1)C(=O)O. The van der Waals surface area contributed by atoms with Gasteiger partial charge in [-0.05, 0) is 29.7 Å². The molecule has 0 aliphatic carbocycles. The summed E-state index contributed by atoms with van der Waals surface area (Å²) in [6, 6.07) is 11.0. The average molecular weight is 345 g/mol. The Morgan fingerprint density at radius 3 is 2.32 bits per heavy atom. The first kappa shape index (κ1) is 18.3. The maximum atomic E-state index is 13.1. The third-order valence-electron chi connectivity index (χ3n) is 3.40. The molecule has 0 aromatic heterocycles. The van der Waals surface area contributed by atoms with Crippen LogP contribution in [0.3, 0.4) is 0 Å². The monoisotopic (exact) mass is 345 g/mol. The van der Waals surface area contributed by atoms with E-state index < -0.39 is 29.6 Å². The van der Waals surface area contributed by atoms with E-state index in [0.717, 1.165) is 17.7 Å². The van der Waals surface area contributed by atoms with Gasteiger partial charge in [0.05, 0.1) is 6.42 Å². The summed E-state index contributed by atoms with van der Waals surface area (Å²) in [5.74, 6) is -3.38. The van der Waals surface area contributed by atoms with Gasteiger partial charge in [0.1, 0.15) is 17.7 Å². The molecule has 2 rings (SSSR count). The largest absolute Gasteiger partial charge is 0.480 e. The molecule has 0 saturated carbocycles. The zero-order chi connectivity index (χ0) is 18.2. The first-order valence-electron chi connectivity index (χ1n) is 7.63. The summed E-state index contributed by atoms with van der Waals surface area (Å²) in [5.41, 5.74) is 1.05. The van der Waals surface area contributed by atoms with Crippen molar-refractivity contribution in [2.45, 2.75) is 18.9 Å². The van der Waals surface area contributed by atoms with Crippen LogP contribution in [0.4, 0.5) is 8.78 Å². The van der Waals surface area contributed by atoms with Gasteiger partial charge in [0, 0.05) is 6.07 Å². The minimum absolute atomic E-state index is 0.0908. The minimum Gasteiger partial charge on any atom is -0.480 e. The van der Waals surface area contributed by atoms with Gasteiger partial charge >= 0.3 is 5.97 Å². The molecule has 0 aliphatic rings. The van der Waals surface area contributed by atoms with Crippen LogP contribution >= 0.6 is 0 Å². The number of hydrogen-bond acceptors (Lipinski definition) is 2. The fraction of sp³-hybridized carbons (Fsp3) is 0.158. The molecular weight excluding hydrogens is 328 g/mol. The van der Waals surface area contributed by atoms with E-state index in [2.05, 4.69) is 5.32 Å². The fourth-order valence-corrected chi connectivity index (χ4v) is 2.27. The van der Waals surface area contributed by atoms with Crippen molar-refractivity contribution in [3.05, 3.63) is 77.4 Å². The third-order valence-corrected chi connectivity index (χ3v) is 3.40. The number of rotatable bonds is 7. The number of carboxylic acids is 1. The molecule has 2 aromatic rings. The summed E-state index contributed by atoms with van der Waals surface area (Å²) in [6.45, 7) is 0. The molecule has 0 saturated heterocycles. The van der Waals surface area contributed by atoms with Crippen LogP contribution in [-0.4, -0.2) is 23.0 Å². The van der Waals surface area contributed by atoms with E-state index in [-0.39, 0.29) is 18.4 Å². The lowest BCUT2D eigenvalue weighted by Gasteiger charge is -2.12. The van der Waals surface area contributed by atoms with Crippen LogP contribution in [0.1, 0.15) is 17.5 Å². The fourth-order valence-electron chi connectivity index (χ4n) is 2.27. The average Bonchev–Trinajstić information content (AvgIpc) is 2.53. The van der Waals surface area contributed by atoms with Crippen molar-refractivity contribution in [1.29, 1.82) is 0 Å². The van der Waals surface area contributed by atoms with Crippen LogP contribution < -0.4 is 5.32 Å². The van der Waals surface area contributed by atoms with Crippen molar-refractivity contribution < 1.29 is 23.5 Å². The van der Waals surface area contributed by atoms with E-state index in [1.54, 1.807) is 12.2 Å². The molecule has 1 atom stereocenters. The highest BCUT2D eigenvalue weighted by Gasteiger charge is 2.18. The van der Waals surface area contributed by atoms with Crippen LogP contribution in [-0.2, 0) is 16.0 Å². The molecule has 0 bridgehead atoms.